The van der Waals surface area contributed by atoms with Crippen LogP contribution in [-0.4, -0.2) is 29.4 Å². The van der Waals surface area contributed by atoms with Crippen molar-refractivity contribution in [3.8, 4) is 0 Å². The van der Waals surface area contributed by atoms with Crippen molar-refractivity contribution in [2.24, 2.45) is 17.6 Å². The Morgan fingerprint density at radius 1 is 1.22 bits per heavy atom. The van der Waals surface area contributed by atoms with Crippen LogP contribution >= 0.6 is 0 Å². The SMILES string of the molecule is CCC1CCC(N(C)C(=O)C(C)(N)C2CC2)CC1. The summed E-state index contributed by atoms with van der Waals surface area (Å²) < 4.78 is 0. The fourth-order valence-corrected chi connectivity index (χ4v) is 3.34. The van der Waals surface area contributed by atoms with Crippen LogP contribution in [-0.2, 0) is 4.79 Å². The van der Waals surface area contributed by atoms with Gasteiger partial charge >= 0.3 is 0 Å². The zero-order valence-electron chi connectivity index (χ0n) is 12.1. The minimum absolute atomic E-state index is 0.157. The van der Waals surface area contributed by atoms with E-state index in [2.05, 4.69) is 6.92 Å². The average molecular weight is 252 g/mol. The molecule has 0 heterocycles. The first kappa shape index (κ1) is 13.9. The molecule has 0 aromatic rings. The van der Waals surface area contributed by atoms with Crippen molar-refractivity contribution in [2.75, 3.05) is 7.05 Å². The molecule has 0 saturated heterocycles. The van der Waals surface area contributed by atoms with Crippen molar-refractivity contribution < 1.29 is 4.79 Å². The first-order valence-corrected chi connectivity index (χ1v) is 7.53. The van der Waals surface area contributed by atoms with Gasteiger partial charge in [-0.1, -0.05) is 13.3 Å². The number of hydrogen-bond donors (Lipinski definition) is 1. The van der Waals surface area contributed by atoms with E-state index in [1.165, 1.54) is 19.3 Å². The van der Waals surface area contributed by atoms with Gasteiger partial charge < -0.3 is 10.6 Å². The highest BCUT2D eigenvalue weighted by molar-refractivity contribution is 5.86. The van der Waals surface area contributed by atoms with Gasteiger partial charge in [0.05, 0.1) is 5.54 Å². The Labute approximate surface area is 111 Å². The lowest BCUT2D eigenvalue weighted by molar-refractivity contribution is -0.138. The highest BCUT2D eigenvalue weighted by Gasteiger charge is 2.46. The molecule has 18 heavy (non-hydrogen) atoms. The summed E-state index contributed by atoms with van der Waals surface area (Å²) in [6, 6.07) is 0.418. The molecule has 3 heteroatoms. The van der Waals surface area contributed by atoms with Gasteiger partial charge in [-0.05, 0) is 57.3 Å². The number of amides is 1. The van der Waals surface area contributed by atoms with E-state index in [-0.39, 0.29) is 5.91 Å². The number of carbonyl (C=O) groups is 1. The number of rotatable bonds is 4. The van der Waals surface area contributed by atoms with Gasteiger partial charge in [-0.2, -0.15) is 0 Å². The van der Waals surface area contributed by atoms with Gasteiger partial charge in [0.25, 0.3) is 0 Å². The second-order valence-corrected chi connectivity index (χ2v) is 6.56. The maximum atomic E-state index is 12.5. The molecule has 2 N–H and O–H groups in total. The topological polar surface area (TPSA) is 46.3 Å². The van der Waals surface area contributed by atoms with Crippen molar-refractivity contribution in [2.45, 2.75) is 70.4 Å². The largest absolute Gasteiger partial charge is 0.341 e. The lowest BCUT2D eigenvalue weighted by Gasteiger charge is -2.38. The molecule has 2 aliphatic rings. The third-order valence-electron chi connectivity index (χ3n) is 5.15. The third-order valence-corrected chi connectivity index (χ3v) is 5.15. The Morgan fingerprint density at radius 3 is 2.22 bits per heavy atom. The predicted molar refractivity (Wildman–Crippen MR) is 74.1 cm³/mol. The Kier molecular flexibility index (Phi) is 4.00. The zero-order valence-corrected chi connectivity index (χ0v) is 12.1. The van der Waals surface area contributed by atoms with E-state index < -0.39 is 5.54 Å². The molecule has 0 spiro atoms. The molecule has 0 aliphatic heterocycles. The van der Waals surface area contributed by atoms with Gasteiger partial charge in [0.2, 0.25) is 5.91 Å². The van der Waals surface area contributed by atoms with Crippen molar-refractivity contribution >= 4 is 5.91 Å². The van der Waals surface area contributed by atoms with Crippen LogP contribution in [0, 0.1) is 11.8 Å². The van der Waals surface area contributed by atoms with Gasteiger partial charge in [-0.25, -0.2) is 0 Å². The van der Waals surface area contributed by atoms with E-state index >= 15 is 0 Å². The van der Waals surface area contributed by atoms with Gasteiger partial charge in [0.1, 0.15) is 0 Å². The molecule has 1 atom stereocenters. The predicted octanol–water partition coefficient (Wildman–Crippen LogP) is 2.54. The molecule has 1 amide bonds. The van der Waals surface area contributed by atoms with Crippen LogP contribution in [0.15, 0.2) is 0 Å². The molecule has 3 nitrogen and oxygen atoms in total. The molecular weight excluding hydrogens is 224 g/mol. The number of hydrogen-bond acceptors (Lipinski definition) is 2. The minimum atomic E-state index is -0.629. The van der Waals surface area contributed by atoms with Gasteiger partial charge in [0, 0.05) is 13.1 Å². The Balaban J connectivity index is 1.91. The monoisotopic (exact) mass is 252 g/mol. The molecule has 2 saturated carbocycles. The summed E-state index contributed by atoms with van der Waals surface area (Å²) in [4.78, 5) is 14.4. The molecule has 104 valence electrons. The van der Waals surface area contributed by atoms with Crippen molar-refractivity contribution in [1.82, 2.24) is 4.90 Å². The molecule has 0 aromatic carbocycles. The van der Waals surface area contributed by atoms with Crippen LogP contribution in [0.25, 0.3) is 0 Å². The number of likely N-dealkylation sites (N-methyl/N-ethyl adjacent to an activating group) is 1. The molecule has 1 unspecified atom stereocenters. The fraction of sp³-hybridized carbons (Fsp3) is 0.933. The first-order valence-electron chi connectivity index (χ1n) is 7.53. The highest BCUT2D eigenvalue weighted by Crippen LogP contribution is 2.39. The third kappa shape index (κ3) is 2.71. The molecule has 0 bridgehead atoms. The van der Waals surface area contributed by atoms with Crippen LogP contribution in [0.1, 0.15) is 58.8 Å². The Bertz CT molecular complexity index is 302. The molecule has 2 fully saturated rings. The van der Waals surface area contributed by atoms with E-state index in [1.807, 2.05) is 18.9 Å². The molecule has 2 aliphatic carbocycles. The summed E-state index contributed by atoms with van der Waals surface area (Å²) in [6.45, 7) is 4.19. The van der Waals surface area contributed by atoms with Crippen LogP contribution in [0.5, 0.6) is 0 Å². The Morgan fingerprint density at radius 2 is 1.78 bits per heavy atom. The lowest BCUT2D eigenvalue weighted by atomic mass is 9.83. The fourth-order valence-electron chi connectivity index (χ4n) is 3.34. The molecule has 2 rings (SSSR count). The summed E-state index contributed by atoms with van der Waals surface area (Å²) in [5, 5.41) is 0. The summed E-state index contributed by atoms with van der Waals surface area (Å²) in [5.41, 5.74) is 5.61. The maximum absolute atomic E-state index is 12.5. The van der Waals surface area contributed by atoms with E-state index in [0.29, 0.717) is 12.0 Å². The number of carbonyl (C=O) groups excluding carboxylic acids is 1. The highest BCUT2D eigenvalue weighted by atomic mass is 16.2. The van der Waals surface area contributed by atoms with Gasteiger partial charge in [0.15, 0.2) is 0 Å². The number of nitrogens with zero attached hydrogens (tertiary/aromatic N) is 1. The van der Waals surface area contributed by atoms with Crippen LogP contribution in [0.3, 0.4) is 0 Å². The smallest absolute Gasteiger partial charge is 0.242 e. The van der Waals surface area contributed by atoms with Crippen LogP contribution in [0.4, 0.5) is 0 Å². The van der Waals surface area contributed by atoms with E-state index in [1.54, 1.807) is 0 Å². The minimum Gasteiger partial charge on any atom is -0.341 e. The summed E-state index contributed by atoms with van der Waals surface area (Å²) >= 11 is 0. The zero-order chi connectivity index (χ0) is 13.3. The van der Waals surface area contributed by atoms with E-state index in [0.717, 1.165) is 31.6 Å². The van der Waals surface area contributed by atoms with Gasteiger partial charge in [-0.15, -0.1) is 0 Å². The van der Waals surface area contributed by atoms with Crippen LogP contribution in [0.2, 0.25) is 0 Å². The van der Waals surface area contributed by atoms with Crippen LogP contribution < -0.4 is 5.73 Å². The summed E-state index contributed by atoms with van der Waals surface area (Å²) in [6.07, 6.45) is 8.36. The summed E-state index contributed by atoms with van der Waals surface area (Å²) in [5.74, 6) is 1.45. The van der Waals surface area contributed by atoms with Crippen molar-refractivity contribution in [3.05, 3.63) is 0 Å². The summed E-state index contributed by atoms with van der Waals surface area (Å²) in [7, 11) is 1.95. The van der Waals surface area contributed by atoms with Gasteiger partial charge in [-0.3, -0.25) is 4.79 Å². The molecular formula is C15H28N2O. The molecule has 0 aromatic heterocycles. The average Bonchev–Trinajstić information content (AvgIpc) is 3.21. The van der Waals surface area contributed by atoms with E-state index in [9.17, 15) is 4.79 Å². The maximum Gasteiger partial charge on any atom is 0.242 e. The second-order valence-electron chi connectivity index (χ2n) is 6.56. The first-order chi connectivity index (χ1) is 8.46. The Hall–Kier alpha value is -0.570. The quantitative estimate of drug-likeness (QED) is 0.835. The lowest BCUT2D eigenvalue weighted by Crippen LogP contribution is -2.56. The van der Waals surface area contributed by atoms with Crippen molar-refractivity contribution in [1.29, 1.82) is 0 Å². The van der Waals surface area contributed by atoms with E-state index in [4.69, 9.17) is 5.73 Å². The second kappa shape index (κ2) is 5.20. The van der Waals surface area contributed by atoms with Crippen molar-refractivity contribution in [3.63, 3.8) is 0 Å². The number of nitrogens with two attached hydrogens (primary N) is 1. The standard InChI is InChI=1S/C15H28N2O/c1-4-11-5-9-13(10-6-11)17(3)14(18)15(2,16)12-7-8-12/h11-13H,4-10,16H2,1-3H3. The normalized spacial score (nSPS) is 31.8. The molecule has 0 radical (unpaired) electrons.